The first-order valence-corrected chi connectivity index (χ1v) is 5.43. The second kappa shape index (κ2) is 7.23. The van der Waals surface area contributed by atoms with E-state index in [0.717, 1.165) is 11.6 Å². The van der Waals surface area contributed by atoms with Crippen LogP contribution >= 0.6 is 0 Å². The predicted molar refractivity (Wildman–Crippen MR) is 70.4 cm³/mol. The van der Waals surface area contributed by atoms with Crippen LogP contribution < -0.4 is 0 Å². The van der Waals surface area contributed by atoms with Crippen molar-refractivity contribution in [1.82, 2.24) is 0 Å². The minimum Gasteiger partial charge on any atom is -0.455 e. The Hall–Kier alpha value is -2.09. The summed E-state index contributed by atoms with van der Waals surface area (Å²) in [5, 5.41) is 0. The Morgan fingerprint density at radius 1 is 1.29 bits per heavy atom. The van der Waals surface area contributed by atoms with E-state index in [0.29, 0.717) is 6.42 Å². The van der Waals surface area contributed by atoms with Crippen molar-refractivity contribution in [3.63, 3.8) is 0 Å². The van der Waals surface area contributed by atoms with E-state index in [-0.39, 0.29) is 6.10 Å². The van der Waals surface area contributed by atoms with Crippen molar-refractivity contribution in [3.8, 4) is 0 Å². The molecule has 0 spiro atoms. The van der Waals surface area contributed by atoms with Gasteiger partial charge < -0.3 is 4.74 Å². The summed E-state index contributed by atoms with van der Waals surface area (Å²) < 4.78 is 5.15. The summed E-state index contributed by atoms with van der Waals surface area (Å²) in [7, 11) is 0. The Bertz CT molecular complexity index is 404. The summed E-state index contributed by atoms with van der Waals surface area (Å²) in [4.78, 5) is 11.1. The second-order valence-electron chi connectivity index (χ2n) is 3.47. The standard InChI is InChI=1S/C15H16O2/c1-3-8-14(17-15(16)4-2)12-11-13-9-6-5-7-10-13/h3-7,9-12,14H,1-2,8H2/b12-11+/t14-/m1/s1. The molecule has 88 valence electrons. The van der Waals surface area contributed by atoms with Crippen molar-refractivity contribution in [2.24, 2.45) is 0 Å². The Kier molecular flexibility index (Phi) is 5.52. The lowest BCUT2D eigenvalue weighted by Crippen LogP contribution is -2.13. The Labute approximate surface area is 102 Å². The first-order valence-electron chi connectivity index (χ1n) is 5.43. The molecule has 2 nitrogen and oxygen atoms in total. The summed E-state index contributed by atoms with van der Waals surface area (Å²) >= 11 is 0. The topological polar surface area (TPSA) is 26.3 Å². The van der Waals surface area contributed by atoms with Crippen LogP contribution in [0.15, 0.2) is 61.7 Å². The predicted octanol–water partition coefficient (Wildman–Crippen LogP) is 3.37. The van der Waals surface area contributed by atoms with E-state index >= 15 is 0 Å². The van der Waals surface area contributed by atoms with E-state index in [1.165, 1.54) is 0 Å². The third-order valence-corrected chi connectivity index (χ3v) is 2.14. The van der Waals surface area contributed by atoms with Crippen LogP contribution in [-0.4, -0.2) is 12.1 Å². The van der Waals surface area contributed by atoms with Gasteiger partial charge in [-0.15, -0.1) is 6.58 Å². The van der Waals surface area contributed by atoms with E-state index in [1.54, 1.807) is 6.08 Å². The second-order valence-corrected chi connectivity index (χ2v) is 3.47. The highest BCUT2D eigenvalue weighted by molar-refractivity contribution is 5.81. The van der Waals surface area contributed by atoms with E-state index < -0.39 is 5.97 Å². The maximum absolute atomic E-state index is 11.1. The van der Waals surface area contributed by atoms with Gasteiger partial charge in [-0.25, -0.2) is 4.79 Å². The smallest absolute Gasteiger partial charge is 0.330 e. The van der Waals surface area contributed by atoms with Gasteiger partial charge in [0, 0.05) is 12.5 Å². The zero-order chi connectivity index (χ0) is 12.5. The third-order valence-electron chi connectivity index (χ3n) is 2.14. The Morgan fingerprint density at radius 2 is 2.00 bits per heavy atom. The van der Waals surface area contributed by atoms with Crippen LogP contribution in [0.2, 0.25) is 0 Å². The normalized spacial score (nSPS) is 12.0. The van der Waals surface area contributed by atoms with E-state index in [2.05, 4.69) is 13.2 Å². The van der Waals surface area contributed by atoms with Crippen molar-refractivity contribution in [2.75, 3.05) is 0 Å². The first kappa shape index (κ1) is 13.0. The Balaban J connectivity index is 2.65. The SMILES string of the molecule is C=CC[C@H](/C=C/c1ccccc1)OC(=O)C=C. The van der Waals surface area contributed by atoms with E-state index in [1.807, 2.05) is 42.5 Å². The number of hydrogen-bond acceptors (Lipinski definition) is 2. The van der Waals surface area contributed by atoms with E-state index in [4.69, 9.17) is 4.74 Å². The molecule has 1 atom stereocenters. The van der Waals surface area contributed by atoms with Crippen LogP contribution in [0.3, 0.4) is 0 Å². The molecule has 1 rings (SSSR count). The molecule has 0 saturated carbocycles. The molecule has 17 heavy (non-hydrogen) atoms. The van der Waals surface area contributed by atoms with Gasteiger partial charge in [-0.2, -0.15) is 0 Å². The molecule has 1 aromatic carbocycles. The van der Waals surface area contributed by atoms with Crippen LogP contribution in [0.1, 0.15) is 12.0 Å². The number of benzene rings is 1. The van der Waals surface area contributed by atoms with Gasteiger partial charge in [-0.3, -0.25) is 0 Å². The van der Waals surface area contributed by atoms with Gasteiger partial charge in [-0.05, 0) is 11.6 Å². The molecule has 1 aromatic rings. The third kappa shape index (κ3) is 4.98. The highest BCUT2D eigenvalue weighted by Crippen LogP contribution is 2.07. The molecule has 0 aliphatic rings. The van der Waals surface area contributed by atoms with Gasteiger partial charge >= 0.3 is 5.97 Å². The molecule has 0 aliphatic carbocycles. The first-order chi connectivity index (χ1) is 8.26. The minimum absolute atomic E-state index is 0.293. The van der Waals surface area contributed by atoms with Crippen molar-refractivity contribution in [3.05, 3.63) is 67.3 Å². The molecule has 0 amide bonds. The summed E-state index contributed by atoms with van der Waals surface area (Å²) in [5.74, 6) is -0.422. The molecule has 0 radical (unpaired) electrons. The van der Waals surface area contributed by atoms with Gasteiger partial charge in [-0.1, -0.05) is 49.1 Å². The molecule has 0 fully saturated rings. The number of ether oxygens (including phenoxy) is 1. The zero-order valence-electron chi connectivity index (χ0n) is 9.71. The van der Waals surface area contributed by atoms with Crippen LogP contribution in [0.4, 0.5) is 0 Å². The highest BCUT2D eigenvalue weighted by atomic mass is 16.5. The Morgan fingerprint density at radius 3 is 2.59 bits per heavy atom. The maximum Gasteiger partial charge on any atom is 0.330 e. The van der Waals surface area contributed by atoms with Crippen molar-refractivity contribution < 1.29 is 9.53 Å². The van der Waals surface area contributed by atoms with Gasteiger partial charge in [0.2, 0.25) is 0 Å². The summed E-state index contributed by atoms with van der Waals surface area (Å²) in [6.45, 7) is 7.01. The van der Waals surface area contributed by atoms with Gasteiger partial charge in [0.25, 0.3) is 0 Å². The van der Waals surface area contributed by atoms with Crippen LogP contribution in [0, 0.1) is 0 Å². The fourth-order valence-corrected chi connectivity index (χ4v) is 1.31. The molecule has 0 unspecified atom stereocenters. The molecule has 0 aromatic heterocycles. The quantitative estimate of drug-likeness (QED) is 0.424. The highest BCUT2D eigenvalue weighted by Gasteiger charge is 2.06. The fourth-order valence-electron chi connectivity index (χ4n) is 1.31. The average Bonchev–Trinajstić information content (AvgIpc) is 2.37. The minimum atomic E-state index is -0.422. The summed E-state index contributed by atoms with van der Waals surface area (Å²) in [6, 6.07) is 9.83. The van der Waals surface area contributed by atoms with Gasteiger partial charge in [0.05, 0.1) is 0 Å². The lowest BCUT2D eigenvalue weighted by atomic mass is 10.1. The van der Waals surface area contributed by atoms with E-state index in [9.17, 15) is 4.79 Å². The summed E-state index contributed by atoms with van der Waals surface area (Å²) in [6.07, 6.45) is 6.94. The van der Waals surface area contributed by atoms with Gasteiger partial charge in [0.1, 0.15) is 6.10 Å². The van der Waals surface area contributed by atoms with Crippen molar-refractivity contribution in [2.45, 2.75) is 12.5 Å². The fraction of sp³-hybridized carbons (Fsp3) is 0.133. The number of carbonyl (C=O) groups is 1. The van der Waals surface area contributed by atoms with Crippen LogP contribution in [-0.2, 0) is 9.53 Å². The van der Waals surface area contributed by atoms with Crippen molar-refractivity contribution >= 4 is 12.0 Å². The lowest BCUT2D eigenvalue weighted by molar-refractivity contribution is -0.140. The molecular formula is C15H16O2. The molecule has 0 saturated heterocycles. The average molecular weight is 228 g/mol. The molecule has 0 heterocycles. The molecule has 0 N–H and O–H groups in total. The number of hydrogen-bond donors (Lipinski definition) is 0. The largest absolute Gasteiger partial charge is 0.455 e. The molecule has 2 heteroatoms. The molecular weight excluding hydrogens is 212 g/mol. The summed E-state index contributed by atoms with van der Waals surface area (Å²) in [5.41, 5.74) is 1.07. The number of esters is 1. The number of rotatable bonds is 6. The van der Waals surface area contributed by atoms with Gasteiger partial charge in [0.15, 0.2) is 0 Å². The number of carbonyl (C=O) groups excluding carboxylic acids is 1. The van der Waals surface area contributed by atoms with Crippen LogP contribution in [0.25, 0.3) is 6.08 Å². The monoisotopic (exact) mass is 228 g/mol. The lowest BCUT2D eigenvalue weighted by Gasteiger charge is -2.10. The molecule has 0 bridgehead atoms. The zero-order valence-corrected chi connectivity index (χ0v) is 9.71. The van der Waals surface area contributed by atoms with Crippen molar-refractivity contribution in [1.29, 1.82) is 0 Å². The molecule has 0 aliphatic heterocycles. The van der Waals surface area contributed by atoms with Crippen LogP contribution in [0.5, 0.6) is 0 Å². The maximum atomic E-state index is 11.1.